The van der Waals surface area contributed by atoms with Crippen LogP contribution in [0, 0.1) is 0 Å². The van der Waals surface area contributed by atoms with Crippen molar-refractivity contribution in [1.82, 2.24) is 8.61 Å². The third-order valence-corrected chi connectivity index (χ3v) is 10.5. The van der Waals surface area contributed by atoms with Gasteiger partial charge in [-0.1, -0.05) is 52.0 Å². The molecule has 3 rings (SSSR count). The average molecular weight is 543 g/mol. The monoisotopic (exact) mass is 542 g/mol. The lowest BCUT2D eigenvalue weighted by Gasteiger charge is -2.19. The molecular formula is C28H34N2O5S2. The van der Waals surface area contributed by atoms with E-state index >= 15 is 0 Å². The highest BCUT2D eigenvalue weighted by molar-refractivity contribution is 7.89. The first kappa shape index (κ1) is 28.7. The van der Waals surface area contributed by atoms with Gasteiger partial charge in [-0.25, -0.2) is 16.8 Å². The molecule has 0 bridgehead atoms. The Kier molecular flexibility index (Phi) is 9.07. The molecule has 0 heterocycles. The number of sulfonamides is 2. The van der Waals surface area contributed by atoms with Crippen LogP contribution in [0.2, 0.25) is 0 Å². The third-order valence-electron chi connectivity index (χ3n) is 6.40. The van der Waals surface area contributed by atoms with Gasteiger partial charge in [-0.15, -0.1) is 0 Å². The fourth-order valence-electron chi connectivity index (χ4n) is 4.23. The number of benzene rings is 3. The summed E-state index contributed by atoms with van der Waals surface area (Å²) >= 11 is 0. The summed E-state index contributed by atoms with van der Waals surface area (Å²) in [5.74, 6) is -0.107. The Hall–Kier alpha value is -2.85. The highest BCUT2D eigenvalue weighted by atomic mass is 32.2. The second-order valence-corrected chi connectivity index (χ2v) is 12.5. The predicted molar refractivity (Wildman–Crippen MR) is 148 cm³/mol. The Bertz CT molecular complexity index is 1350. The lowest BCUT2D eigenvalue weighted by atomic mass is 9.95. The Morgan fingerprint density at radius 3 is 1.16 bits per heavy atom. The minimum Gasteiger partial charge on any atom is -0.295 e. The van der Waals surface area contributed by atoms with Crippen molar-refractivity contribution in [2.75, 3.05) is 26.2 Å². The molecule has 9 heteroatoms. The van der Waals surface area contributed by atoms with Crippen LogP contribution in [0.4, 0.5) is 0 Å². The zero-order chi connectivity index (χ0) is 27.4. The SMILES string of the molecule is CCN(CC)S(=O)(=O)c1ccc(-c2cc(C(C)=O)cc(-c3ccc(S(=O)(=O)N(CC)CC)cc3)c2)cc1. The molecule has 198 valence electrons. The van der Waals surface area contributed by atoms with Gasteiger partial charge in [-0.3, -0.25) is 4.79 Å². The first-order chi connectivity index (χ1) is 17.5. The van der Waals surface area contributed by atoms with E-state index in [1.54, 1.807) is 88.4 Å². The first-order valence-electron chi connectivity index (χ1n) is 12.4. The Morgan fingerprint density at radius 1 is 0.568 bits per heavy atom. The molecule has 37 heavy (non-hydrogen) atoms. The van der Waals surface area contributed by atoms with Gasteiger partial charge in [0.2, 0.25) is 20.0 Å². The molecule has 0 unspecified atom stereocenters. The number of ketones is 1. The maximum absolute atomic E-state index is 12.8. The predicted octanol–water partition coefficient (Wildman–Crippen LogP) is 5.28. The maximum atomic E-state index is 12.8. The highest BCUT2D eigenvalue weighted by Crippen LogP contribution is 2.31. The molecule has 7 nitrogen and oxygen atoms in total. The summed E-state index contributed by atoms with van der Waals surface area (Å²) in [5.41, 5.74) is 3.56. The van der Waals surface area contributed by atoms with Gasteiger partial charge < -0.3 is 0 Å². The summed E-state index contributed by atoms with van der Waals surface area (Å²) in [6.07, 6.45) is 0. The zero-order valence-corrected chi connectivity index (χ0v) is 23.6. The molecule has 0 N–H and O–H groups in total. The first-order valence-corrected chi connectivity index (χ1v) is 15.2. The minimum absolute atomic E-state index is 0.107. The standard InChI is InChI=1S/C28H34N2O5S2/c1-6-29(7-2)36(32,33)27-14-10-22(11-15-27)25-18-24(21(5)31)19-26(20-25)23-12-16-28(17-13-23)37(34,35)30(8-3)9-4/h10-20H,6-9H2,1-5H3. The third kappa shape index (κ3) is 6.01. The zero-order valence-electron chi connectivity index (χ0n) is 21.9. The van der Waals surface area contributed by atoms with E-state index in [0.717, 1.165) is 22.3 Å². The van der Waals surface area contributed by atoms with Crippen molar-refractivity contribution in [3.63, 3.8) is 0 Å². The van der Waals surface area contributed by atoms with Crippen molar-refractivity contribution < 1.29 is 21.6 Å². The molecule has 0 aromatic heterocycles. The summed E-state index contributed by atoms with van der Waals surface area (Å²) in [5, 5.41) is 0. The molecule has 0 spiro atoms. The average Bonchev–Trinajstić information content (AvgIpc) is 2.89. The van der Waals surface area contributed by atoms with Crippen LogP contribution in [0.1, 0.15) is 45.0 Å². The Labute approximate surface area is 220 Å². The fraction of sp³-hybridized carbons (Fsp3) is 0.321. The summed E-state index contributed by atoms with van der Waals surface area (Å²) in [6.45, 7) is 10.2. The molecule has 0 aliphatic carbocycles. The molecule has 0 saturated heterocycles. The van der Waals surface area contributed by atoms with Gasteiger partial charge in [0.05, 0.1) is 9.79 Å². The highest BCUT2D eigenvalue weighted by Gasteiger charge is 2.22. The van der Waals surface area contributed by atoms with Crippen LogP contribution in [-0.4, -0.2) is 57.4 Å². The molecule has 3 aromatic carbocycles. The van der Waals surface area contributed by atoms with Crippen LogP contribution in [0.25, 0.3) is 22.3 Å². The number of rotatable bonds is 11. The maximum Gasteiger partial charge on any atom is 0.243 e. The lowest BCUT2D eigenvalue weighted by Crippen LogP contribution is -2.30. The van der Waals surface area contributed by atoms with Crippen LogP contribution < -0.4 is 0 Å². The summed E-state index contributed by atoms with van der Waals surface area (Å²) in [7, 11) is -7.15. The molecule has 0 aliphatic heterocycles. The summed E-state index contributed by atoms with van der Waals surface area (Å²) in [6, 6.07) is 18.7. The summed E-state index contributed by atoms with van der Waals surface area (Å²) < 4.78 is 54.2. The Balaban J connectivity index is 2.03. The van der Waals surface area contributed by atoms with E-state index < -0.39 is 20.0 Å². The van der Waals surface area contributed by atoms with E-state index in [-0.39, 0.29) is 15.6 Å². The summed E-state index contributed by atoms with van der Waals surface area (Å²) in [4.78, 5) is 12.7. The van der Waals surface area contributed by atoms with Gasteiger partial charge >= 0.3 is 0 Å². The molecule has 3 aromatic rings. The van der Waals surface area contributed by atoms with E-state index in [2.05, 4.69) is 0 Å². The van der Waals surface area contributed by atoms with Gasteiger partial charge in [-0.05, 0) is 71.6 Å². The largest absolute Gasteiger partial charge is 0.295 e. The van der Waals surface area contributed by atoms with E-state index in [0.29, 0.717) is 31.7 Å². The molecule has 0 amide bonds. The number of carbonyl (C=O) groups excluding carboxylic acids is 1. The topological polar surface area (TPSA) is 91.8 Å². The van der Waals surface area contributed by atoms with E-state index in [1.807, 2.05) is 6.07 Å². The van der Waals surface area contributed by atoms with Crippen molar-refractivity contribution in [3.05, 3.63) is 72.3 Å². The number of hydrogen-bond acceptors (Lipinski definition) is 5. The lowest BCUT2D eigenvalue weighted by molar-refractivity contribution is 0.101. The van der Waals surface area contributed by atoms with Gasteiger partial charge in [0.15, 0.2) is 5.78 Å². The van der Waals surface area contributed by atoms with E-state index in [4.69, 9.17) is 0 Å². The van der Waals surface area contributed by atoms with Gasteiger partial charge in [-0.2, -0.15) is 8.61 Å². The van der Waals surface area contributed by atoms with E-state index in [1.165, 1.54) is 15.5 Å². The number of hydrogen-bond donors (Lipinski definition) is 0. The molecule has 0 radical (unpaired) electrons. The van der Waals surface area contributed by atoms with Gasteiger partial charge in [0, 0.05) is 31.7 Å². The second-order valence-electron chi connectivity index (χ2n) is 8.58. The van der Waals surface area contributed by atoms with Crippen LogP contribution in [0.15, 0.2) is 76.5 Å². The number of nitrogens with zero attached hydrogens (tertiary/aromatic N) is 2. The minimum atomic E-state index is -3.57. The number of Topliss-reactive ketones (excluding diaryl/α,β-unsaturated/α-hetero) is 1. The van der Waals surface area contributed by atoms with Crippen molar-refractivity contribution in [3.8, 4) is 22.3 Å². The fourth-order valence-corrected chi connectivity index (χ4v) is 7.14. The molecular weight excluding hydrogens is 508 g/mol. The normalized spacial score (nSPS) is 12.3. The van der Waals surface area contributed by atoms with Gasteiger partial charge in [0.25, 0.3) is 0 Å². The molecule has 0 saturated carbocycles. The van der Waals surface area contributed by atoms with E-state index in [9.17, 15) is 21.6 Å². The second kappa shape index (κ2) is 11.7. The van der Waals surface area contributed by atoms with Crippen LogP contribution in [0.5, 0.6) is 0 Å². The van der Waals surface area contributed by atoms with Crippen molar-refractivity contribution in [2.24, 2.45) is 0 Å². The quantitative estimate of drug-likeness (QED) is 0.307. The van der Waals surface area contributed by atoms with Crippen molar-refractivity contribution in [1.29, 1.82) is 0 Å². The smallest absolute Gasteiger partial charge is 0.243 e. The molecule has 0 fully saturated rings. The van der Waals surface area contributed by atoms with Crippen molar-refractivity contribution >= 4 is 25.8 Å². The molecule has 0 atom stereocenters. The Morgan fingerprint density at radius 2 is 0.892 bits per heavy atom. The molecule has 0 aliphatic rings. The van der Waals surface area contributed by atoms with Crippen LogP contribution in [-0.2, 0) is 20.0 Å². The van der Waals surface area contributed by atoms with Crippen LogP contribution in [0.3, 0.4) is 0 Å². The number of carbonyl (C=O) groups is 1. The van der Waals surface area contributed by atoms with Gasteiger partial charge in [0.1, 0.15) is 0 Å². The van der Waals surface area contributed by atoms with Crippen LogP contribution >= 0.6 is 0 Å². The van der Waals surface area contributed by atoms with Crippen molar-refractivity contribution in [2.45, 2.75) is 44.4 Å².